The third kappa shape index (κ3) is 2.61. The topological polar surface area (TPSA) is 26.2 Å². The van der Waals surface area contributed by atoms with Gasteiger partial charge in [0.25, 0.3) is 0 Å². The highest BCUT2D eigenvalue weighted by Crippen LogP contribution is 2.39. The van der Waals surface area contributed by atoms with Gasteiger partial charge in [0.2, 0.25) is 0 Å². The number of fused-ring (bicyclic) bond motifs is 1. The van der Waals surface area contributed by atoms with Crippen molar-refractivity contribution in [2.45, 2.75) is 20.8 Å². The Hall–Kier alpha value is -1.94. The van der Waals surface area contributed by atoms with E-state index in [0.29, 0.717) is 0 Å². The highest BCUT2D eigenvalue weighted by molar-refractivity contribution is 9.10. The number of methoxy groups -OCH3 is 1. The fraction of sp³-hybridized carbons (Fsp3) is 0.263. The molecule has 0 spiro atoms. The molecule has 0 radical (unpaired) electrons. The molecule has 0 fully saturated rings. The van der Waals surface area contributed by atoms with Gasteiger partial charge >= 0.3 is 0 Å². The first-order valence-corrected chi connectivity index (χ1v) is 8.38. The van der Waals surface area contributed by atoms with E-state index in [0.717, 1.165) is 27.2 Å². The summed E-state index contributed by atoms with van der Waals surface area (Å²) in [5.74, 6) is 0.894. The van der Waals surface area contributed by atoms with Gasteiger partial charge in [0.1, 0.15) is 5.75 Å². The summed E-state index contributed by atoms with van der Waals surface area (Å²) in [7, 11) is 3.79. The van der Waals surface area contributed by atoms with Crippen molar-refractivity contribution in [1.82, 2.24) is 4.57 Å². The first-order chi connectivity index (χ1) is 10.9. The molecule has 3 nitrogen and oxygen atoms in total. The number of halogens is 1. The summed E-state index contributed by atoms with van der Waals surface area (Å²) in [5.41, 5.74) is 6.99. The number of hydrogen-bond donors (Lipinski definition) is 1. The zero-order chi connectivity index (χ0) is 16.7. The van der Waals surface area contributed by atoms with E-state index in [4.69, 9.17) is 4.74 Å². The minimum absolute atomic E-state index is 0.894. The van der Waals surface area contributed by atoms with Crippen LogP contribution < -0.4 is 10.1 Å². The number of rotatable bonds is 3. The van der Waals surface area contributed by atoms with Gasteiger partial charge in [0.15, 0.2) is 0 Å². The van der Waals surface area contributed by atoms with E-state index in [-0.39, 0.29) is 0 Å². The van der Waals surface area contributed by atoms with Gasteiger partial charge in [-0.25, -0.2) is 0 Å². The van der Waals surface area contributed by atoms with Gasteiger partial charge in [-0.15, -0.1) is 0 Å². The van der Waals surface area contributed by atoms with Gasteiger partial charge in [-0.05, 0) is 66.0 Å². The Morgan fingerprint density at radius 3 is 2.48 bits per heavy atom. The summed E-state index contributed by atoms with van der Waals surface area (Å²) in [5, 5.41) is 4.84. The first-order valence-electron chi connectivity index (χ1n) is 7.59. The monoisotopic (exact) mass is 372 g/mol. The lowest BCUT2D eigenvalue weighted by Gasteiger charge is -2.18. The number of nitrogens with one attached hydrogen (secondary N) is 1. The molecule has 3 rings (SSSR count). The number of hydrogen-bond acceptors (Lipinski definition) is 2. The summed E-state index contributed by atoms with van der Waals surface area (Å²) < 4.78 is 8.69. The minimum Gasteiger partial charge on any atom is -0.496 e. The van der Waals surface area contributed by atoms with Crippen molar-refractivity contribution in [3.05, 3.63) is 51.6 Å². The quantitative estimate of drug-likeness (QED) is 0.645. The molecular weight excluding hydrogens is 352 g/mol. The number of ether oxygens (including phenoxy) is 1. The largest absolute Gasteiger partial charge is 0.496 e. The molecule has 0 saturated carbocycles. The summed E-state index contributed by atoms with van der Waals surface area (Å²) in [6, 6.07) is 8.41. The first kappa shape index (κ1) is 15.9. The third-order valence-electron chi connectivity index (χ3n) is 4.39. The number of anilines is 2. The molecule has 0 bridgehead atoms. The molecule has 3 aromatic rings. The van der Waals surface area contributed by atoms with Gasteiger partial charge < -0.3 is 14.6 Å². The Morgan fingerprint density at radius 2 is 1.78 bits per heavy atom. The van der Waals surface area contributed by atoms with Crippen molar-refractivity contribution in [3.8, 4) is 5.75 Å². The minimum atomic E-state index is 0.894. The van der Waals surface area contributed by atoms with Crippen LogP contribution in [0, 0.1) is 20.8 Å². The fourth-order valence-corrected chi connectivity index (χ4v) is 3.83. The highest BCUT2D eigenvalue weighted by Gasteiger charge is 2.15. The van der Waals surface area contributed by atoms with E-state index in [1.54, 1.807) is 7.11 Å². The highest BCUT2D eigenvalue weighted by atomic mass is 79.9. The van der Waals surface area contributed by atoms with Crippen LogP contribution in [0.4, 0.5) is 11.4 Å². The molecule has 1 N–H and O–H groups in total. The summed E-state index contributed by atoms with van der Waals surface area (Å²) >= 11 is 3.72. The number of benzene rings is 2. The van der Waals surface area contributed by atoms with E-state index in [1.807, 2.05) is 6.07 Å². The Balaban J connectivity index is 2.20. The van der Waals surface area contributed by atoms with Crippen molar-refractivity contribution < 1.29 is 4.74 Å². The molecule has 0 saturated heterocycles. The molecule has 1 heterocycles. The van der Waals surface area contributed by atoms with Gasteiger partial charge in [-0.1, -0.05) is 6.07 Å². The molecule has 0 atom stereocenters. The van der Waals surface area contributed by atoms with Crippen LogP contribution in [0.1, 0.15) is 16.7 Å². The summed E-state index contributed by atoms with van der Waals surface area (Å²) in [6.07, 6.45) is 2.10. The number of aromatic nitrogens is 1. The molecule has 23 heavy (non-hydrogen) atoms. The SMILES string of the molecule is COc1ccc(C)c(Nc2c(Br)cc(C)c3c2ccn3C)c1C. The van der Waals surface area contributed by atoms with Crippen molar-refractivity contribution in [2.24, 2.45) is 7.05 Å². The molecule has 1 aromatic heterocycles. The standard InChI is InChI=1S/C19H21BrN2O/c1-11-6-7-16(23-5)13(3)17(11)21-18-14-8-9-22(4)19(14)12(2)10-15(18)20/h6-10,21H,1-5H3. The second kappa shape index (κ2) is 5.93. The normalized spacial score (nSPS) is 11.0. The van der Waals surface area contributed by atoms with Crippen LogP contribution in [0.3, 0.4) is 0 Å². The lowest BCUT2D eigenvalue weighted by Crippen LogP contribution is -2.00. The maximum atomic E-state index is 5.46. The average Bonchev–Trinajstić information content (AvgIpc) is 2.89. The zero-order valence-electron chi connectivity index (χ0n) is 14.1. The Kier molecular flexibility index (Phi) is 4.11. The van der Waals surface area contributed by atoms with E-state index >= 15 is 0 Å². The Bertz CT molecular complexity index is 896. The van der Waals surface area contributed by atoms with E-state index in [2.05, 4.69) is 78.0 Å². The second-order valence-electron chi connectivity index (χ2n) is 5.95. The van der Waals surface area contributed by atoms with Crippen LogP contribution in [-0.4, -0.2) is 11.7 Å². The number of aryl methyl sites for hydroxylation is 3. The second-order valence-corrected chi connectivity index (χ2v) is 6.80. The summed E-state index contributed by atoms with van der Waals surface area (Å²) in [4.78, 5) is 0. The van der Waals surface area contributed by atoms with Crippen LogP contribution in [0.5, 0.6) is 5.75 Å². The van der Waals surface area contributed by atoms with Crippen molar-refractivity contribution in [3.63, 3.8) is 0 Å². The van der Waals surface area contributed by atoms with Gasteiger partial charge in [0, 0.05) is 34.4 Å². The van der Waals surface area contributed by atoms with Crippen LogP contribution >= 0.6 is 15.9 Å². The lowest BCUT2D eigenvalue weighted by atomic mass is 10.1. The molecule has 4 heteroatoms. The van der Waals surface area contributed by atoms with Gasteiger partial charge in [-0.3, -0.25) is 0 Å². The molecule has 0 aliphatic rings. The predicted molar refractivity (Wildman–Crippen MR) is 101 cm³/mol. The van der Waals surface area contributed by atoms with Crippen LogP contribution in [0.2, 0.25) is 0 Å². The number of nitrogens with zero attached hydrogens (tertiary/aromatic N) is 1. The van der Waals surface area contributed by atoms with Crippen LogP contribution in [-0.2, 0) is 7.05 Å². The summed E-state index contributed by atoms with van der Waals surface area (Å²) in [6.45, 7) is 6.33. The molecule has 2 aromatic carbocycles. The fourth-order valence-electron chi connectivity index (χ4n) is 3.17. The van der Waals surface area contributed by atoms with Crippen LogP contribution in [0.25, 0.3) is 10.9 Å². The molecule has 0 unspecified atom stereocenters. The maximum absolute atomic E-state index is 5.46. The molecule has 0 aliphatic heterocycles. The van der Waals surface area contributed by atoms with Gasteiger partial charge in [-0.2, -0.15) is 0 Å². The Morgan fingerprint density at radius 1 is 1.04 bits per heavy atom. The predicted octanol–water partition coefficient (Wildman–Crippen LogP) is 5.62. The molecular formula is C19H21BrN2O. The van der Waals surface area contributed by atoms with E-state index in [1.165, 1.54) is 22.0 Å². The van der Waals surface area contributed by atoms with Crippen LogP contribution in [0.15, 0.2) is 34.9 Å². The van der Waals surface area contributed by atoms with E-state index < -0.39 is 0 Å². The smallest absolute Gasteiger partial charge is 0.123 e. The van der Waals surface area contributed by atoms with Crippen molar-refractivity contribution in [1.29, 1.82) is 0 Å². The maximum Gasteiger partial charge on any atom is 0.123 e. The lowest BCUT2D eigenvalue weighted by molar-refractivity contribution is 0.412. The molecule has 0 aliphatic carbocycles. The molecule has 0 amide bonds. The molecule has 120 valence electrons. The van der Waals surface area contributed by atoms with Gasteiger partial charge in [0.05, 0.1) is 18.3 Å². The Labute approximate surface area is 145 Å². The zero-order valence-corrected chi connectivity index (χ0v) is 15.7. The average molecular weight is 373 g/mol. The van der Waals surface area contributed by atoms with Crippen molar-refractivity contribution >= 4 is 38.2 Å². The van der Waals surface area contributed by atoms with Crippen molar-refractivity contribution in [2.75, 3.05) is 12.4 Å². The third-order valence-corrected chi connectivity index (χ3v) is 5.02. The van der Waals surface area contributed by atoms with E-state index in [9.17, 15) is 0 Å².